The molecule has 5 N–H and O–H groups in total. The summed E-state index contributed by atoms with van der Waals surface area (Å²) >= 11 is 0. The second-order valence-corrected chi connectivity index (χ2v) is 4.46. The van der Waals surface area contributed by atoms with Crippen LogP contribution in [0.4, 0.5) is 0 Å². The van der Waals surface area contributed by atoms with Crippen LogP contribution >= 0.6 is 0 Å². The molecule has 19 heavy (non-hydrogen) atoms. The second kappa shape index (κ2) is 9.89. The first-order chi connectivity index (χ1) is 9.24. The number of hydrogen-bond donors (Lipinski definition) is 4. The summed E-state index contributed by atoms with van der Waals surface area (Å²) in [6, 6.07) is 9.61. The van der Waals surface area contributed by atoms with Crippen molar-refractivity contribution in [1.29, 1.82) is 0 Å². The first-order valence-electron chi connectivity index (χ1n) is 6.61. The van der Waals surface area contributed by atoms with Gasteiger partial charge < -0.3 is 26.0 Å². The molecule has 108 valence electrons. The molecule has 0 heterocycles. The van der Waals surface area contributed by atoms with Crippen molar-refractivity contribution in [3.8, 4) is 0 Å². The third-order valence-electron chi connectivity index (χ3n) is 2.82. The molecule has 1 unspecified atom stereocenters. The van der Waals surface area contributed by atoms with Crippen LogP contribution in [0.25, 0.3) is 0 Å². The Balaban J connectivity index is 2.13. The molecular formula is C14H24N2O3. The van der Waals surface area contributed by atoms with Gasteiger partial charge in [0.25, 0.3) is 0 Å². The molecule has 0 aliphatic rings. The van der Waals surface area contributed by atoms with Gasteiger partial charge in [0.2, 0.25) is 0 Å². The quantitative estimate of drug-likeness (QED) is 0.430. The first-order valence-corrected chi connectivity index (χ1v) is 6.61. The summed E-state index contributed by atoms with van der Waals surface area (Å²) in [7, 11) is 0. The van der Waals surface area contributed by atoms with Gasteiger partial charge in [-0.1, -0.05) is 30.3 Å². The van der Waals surface area contributed by atoms with E-state index in [4.69, 9.17) is 15.6 Å². The Morgan fingerprint density at radius 1 is 1.21 bits per heavy atom. The summed E-state index contributed by atoms with van der Waals surface area (Å²) in [5, 5.41) is 21.5. The maximum Gasteiger partial charge on any atom is 0.0818 e. The molecule has 5 heteroatoms. The molecule has 0 aliphatic carbocycles. The van der Waals surface area contributed by atoms with Crippen molar-refractivity contribution in [2.24, 2.45) is 5.73 Å². The minimum atomic E-state index is -0.585. The molecule has 1 rings (SSSR count). The van der Waals surface area contributed by atoms with E-state index in [1.807, 2.05) is 30.3 Å². The summed E-state index contributed by atoms with van der Waals surface area (Å²) < 4.78 is 5.10. The molecule has 0 amide bonds. The maximum absolute atomic E-state index is 9.91. The zero-order valence-corrected chi connectivity index (χ0v) is 11.2. The summed E-state index contributed by atoms with van der Waals surface area (Å²) in [6.07, 6.45) is 0.0723. The van der Waals surface area contributed by atoms with Crippen molar-refractivity contribution in [1.82, 2.24) is 5.32 Å². The highest BCUT2D eigenvalue weighted by atomic mass is 16.5. The van der Waals surface area contributed by atoms with Crippen LogP contribution in [0.2, 0.25) is 0 Å². The monoisotopic (exact) mass is 268 g/mol. The van der Waals surface area contributed by atoms with Crippen molar-refractivity contribution >= 4 is 0 Å². The van der Waals surface area contributed by atoms with Crippen molar-refractivity contribution in [3.63, 3.8) is 0 Å². The minimum Gasteiger partial charge on any atom is -0.394 e. The SMILES string of the molecule is NC(Cc1ccccc1)[C@@H](O)CNCCOCCO. The van der Waals surface area contributed by atoms with Crippen molar-refractivity contribution in [3.05, 3.63) is 35.9 Å². The van der Waals surface area contributed by atoms with Crippen LogP contribution in [0, 0.1) is 0 Å². The van der Waals surface area contributed by atoms with Gasteiger partial charge in [0.15, 0.2) is 0 Å². The largest absolute Gasteiger partial charge is 0.394 e. The lowest BCUT2D eigenvalue weighted by Crippen LogP contribution is -2.43. The molecule has 0 saturated carbocycles. The number of ether oxygens (including phenoxy) is 1. The molecule has 0 aliphatic heterocycles. The molecule has 0 fully saturated rings. The zero-order valence-electron chi connectivity index (χ0n) is 11.2. The standard InChI is InChI=1S/C14H24N2O3/c15-13(10-12-4-2-1-3-5-12)14(18)11-16-6-8-19-9-7-17/h1-5,13-14,16-18H,6-11,15H2/t13?,14-/m0/s1. The molecule has 0 saturated heterocycles. The van der Waals surface area contributed by atoms with Crippen LogP contribution in [0.3, 0.4) is 0 Å². The smallest absolute Gasteiger partial charge is 0.0818 e. The number of nitrogens with one attached hydrogen (secondary N) is 1. The molecule has 0 spiro atoms. The molecule has 0 radical (unpaired) electrons. The third kappa shape index (κ3) is 7.25. The van der Waals surface area contributed by atoms with Gasteiger partial charge in [-0.15, -0.1) is 0 Å². The van der Waals surface area contributed by atoms with Gasteiger partial charge in [-0.05, 0) is 12.0 Å². The fourth-order valence-corrected chi connectivity index (χ4v) is 1.73. The highest BCUT2D eigenvalue weighted by molar-refractivity contribution is 5.16. The van der Waals surface area contributed by atoms with Crippen molar-refractivity contribution < 1.29 is 14.9 Å². The van der Waals surface area contributed by atoms with E-state index in [2.05, 4.69) is 5.32 Å². The van der Waals surface area contributed by atoms with Crippen molar-refractivity contribution in [2.45, 2.75) is 18.6 Å². The minimum absolute atomic E-state index is 0.0323. The van der Waals surface area contributed by atoms with Crippen LogP contribution in [-0.2, 0) is 11.2 Å². The molecule has 0 aromatic heterocycles. The van der Waals surface area contributed by atoms with Gasteiger partial charge in [0.1, 0.15) is 0 Å². The van der Waals surface area contributed by atoms with E-state index in [1.165, 1.54) is 0 Å². The van der Waals surface area contributed by atoms with Gasteiger partial charge in [0, 0.05) is 19.1 Å². The summed E-state index contributed by atoms with van der Waals surface area (Å²) in [6.45, 7) is 1.97. The lowest BCUT2D eigenvalue weighted by atomic mass is 10.0. The Kier molecular flexibility index (Phi) is 8.36. The fourth-order valence-electron chi connectivity index (χ4n) is 1.73. The molecule has 2 atom stereocenters. The van der Waals surface area contributed by atoms with Gasteiger partial charge in [-0.3, -0.25) is 0 Å². The molecule has 1 aromatic carbocycles. The van der Waals surface area contributed by atoms with Gasteiger partial charge in [0.05, 0.1) is 25.9 Å². The topological polar surface area (TPSA) is 87.7 Å². The Bertz CT molecular complexity index is 322. The molecular weight excluding hydrogens is 244 g/mol. The van der Waals surface area contributed by atoms with E-state index in [0.29, 0.717) is 32.7 Å². The summed E-state index contributed by atoms with van der Waals surface area (Å²) in [4.78, 5) is 0. The van der Waals surface area contributed by atoms with Crippen molar-refractivity contribution in [2.75, 3.05) is 32.9 Å². The second-order valence-electron chi connectivity index (χ2n) is 4.46. The van der Waals surface area contributed by atoms with Gasteiger partial charge in [-0.2, -0.15) is 0 Å². The lowest BCUT2D eigenvalue weighted by molar-refractivity contribution is 0.0893. The number of aliphatic hydroxyl groups is 2. The number of nitrogens with two attached hydrogens (primary N) is 1. The normalized spacial score (nSPS) is 14.3. The summed E-state index contributed by atoms with van der Waals surface area (Å²) in [5.41, 5.74) is 7.08. The van der Waals surface area contributed by atoms with Gasteiger partial charge in [-0.25, -0.2) is 0 Å². The number of benzene rings is 1. The fraction of sp³-hybridized carbons (Fsp3) is 0.571. The van der Waals surface area contributed by atoms with E-state index < -0.39 is 6.10 Å². The average Bonchev–Trinajstić information content (AvgIpc) is 2.43. The molecule has 1 aromatic rings. The third-order valence-corrected chi connectivity index (χ3v) is 2.82. The van der Waals surface area contributed by atoms with Crippen LogP contribution < -0.4 is 11.1 Å². The predicted molar refractivity (Wildman–Crippen MR) is 74.9 cm³/mol. The highest BCUT2D eigenvalue weighted by Crippen LogP contribution is 2.04. The van der Waals surface area contributed by atoms with E-state index in [-0.39, 0.29) is 12.6 Å². The first kappa shape index (κ1) is 16.1. The van der Waals surface area contributed by atoms with E-state index in [1.54, 1.807) is 0 Å². The summed E-state index contributed by atoms with van der Waals surface area (Å²) in [5.74, 6) is 0. The molecule has 0 bridgehead atoms. The highest BCUT2D eigenvalue weighted by Gasteiger charge is 2.14. The number of aliphatic hydroxyl groups excluding tert-OH is 2. The molecule has 5 nitrogen and oxygen atoms in total. The Hall–Kier alpha value is -0.980. The van der Waals surface area contributed by atoms with Crippen LogP contribution in [0.1, 0.15) is 5.56 Å². The number of hydrogen-bond acceptors (Lipinski definition) is 5. The average molecular weight is 268 g/mol. The lowest BCUT2D eigenvalue weighted by Gasteiger charge is -2.19. The Morgan fingerprint density at radius 3 is 2.63 bits per heavy atom. The van der Waals surface area contributed by atoms with Crippen LogP contribution in [-0.4, -0.2) is 55.3 Å². The van der Waals surface area contributed by atoms with Gasteiger partial charge >= 0.3 is 0 Å². The Labute approximate surface area is 114 Å². The maximum atomic E-state index is 9.91. The van der Waals surface area contributed by atoms with E-state index in [9.17, 15) is 5.11 Å². The predicted octanol–water partition coefficient (Wildman–Crippen LogP) is -0.484. The zero-order chi connectivity index (χ0) is 13.9. The number of rotatable bonds is 10. The Morgan fingerprint density at radius 2 is 1.95 bits per heavy atom. The van der Waals surface area contributed by atoms with Crippen LogP contribution in [0.5, 0.6) is 0 Å². The van der Waals surface area contributed by atoms with Crippen LogP contribution in [0.15, 0.2) is 30.3 Å². The van der Waals surface area contributed by atoms with E-state index >= 15 is 0 Å². The van der Waals surface area contributed by atoms with E-state index in [0.717, 1.165) is 5.56 Å².